The van der Waals surface area contributed by atoms with Crippen LogP contribution in [-0.2, 0) is 16.1 Å². The van der Waals surface area contributed by atoms with E-state index < -0.39 is 0 Å². The lowest BCUT2D eigenvalue weighted by Gasteiger charge is -2.38. The third-order valence-corrected chi connectivity index (χ3v) is 5.29. The van der Waals surface area contributed by atoms with Gasteiger partial charge in [-0.1, -0.05) is 30.3 Å². The molecule has 0 saturated carbocycles. The largest absolute Gasteiger partial charge is 0.351 e. The molecule has 3 rings (SSSR count). The molecule has 2 amide bonds. The van der Waals surface area contributed by atoms with Crippen LogP contribution in [0.1, 0.15) is 38.2 Å². The monoisotopic (exact) mass is 329 g/mol. The molecule has 0 radical (unpaired) electrons. The van der Waals surface area contributed by atoms with Gasteiger partial charge in [-0.15, -0.1) is 0 Å². The normalized spacial score (nSPS) is 21.0. The minimum absolute atomic E-state index is 0.0783. The van der Waals surface area contributed by atoms with E-state index in [0.29, 0.717) is 24.9 Å². The van der Waals surface area contributed by atoms with Gasteiger partial charge in [-0.25, -0.2) is 0 Å². The van der Waals surface area contributed by atoms with Gasteiger partial charge in [-0.05, 0) is 31.7 Å². The smallest absolute Gasteiger partial charge is 0.237 e. The summed E-state index contributed by atoms with van der Waals surface area (Å²) in [5.41, 5.74) is 1.12. The molecule has 1 atom stereocenters. The molecular formula is C19H27N3O2. The number of piperidine rings is 1. The number of likely N-dealkylation sites (tertiary alicyclic amines) is 2. The summed E-state index contributed by atoms with van der Waals surface area (Å²) in [7, 11) is 0. The van der Waals surface area contributed by atoms with Crippen molar-refractivity contribution in [3.63, 3.8) is 0 Å². The van der Waals surface area contributed by atoms with Crippen LogP contribution in [0.2, 0.25) is 0 Å². The Kier molecular flexibility index (Phi) is 5.51. The summed E-state index contributed by atoms with van der Waals surface area (Å²) in [5.74, 6) is 0.386. The van der Waals surface area contributed by atoms with Gasteiger partial charge in [0.1, 0.15) is 0 Å². The topological polar surface area (TPSA) is 52.7 Å². The third kappa shape index (κ3) is 3.96. The molecule has 2 aliphatic heterocycles. The predicted octanol–water partition coefficient (Wildman–Crippen LogP) is 1.78. The lowest BCUT2D eigenvalue weighted by atomic mass is 10.0. The van der Waals surface area contributed by atoms with Crippen molar-refractivity contribution in [3.05, 3.63) is 35.9 Å². The first-order valence-electron chi connectivity index (χ1n) is 9.00. The van der Waals surface area contributed by atoms with Crippen molar-refractivity contribution in [2.45, 2.75) is 51.2 Å². The van der Waals surface area contributed by atoms with Crippen LogP contribution < -0.4 is 5.32 Å². The van der Waals surface area contributed by atoms with E-state index in [-0.39, 0.29) is 11.9 Å². The van der Waals surface area contributed by atoms with Crippen LogP contribution >= 0.6 is 0 Å². The minimum atomic E-state index is -0.121. The Morgan fingerprint density at radius 3 is 2.54 bits per heavy atom. The molecule has 5 heteroatoms. The van der Waals surface area contributed by atoms with Crippen molar-refractivity contribution in [1.29, 1.82) is 0 Å². The summed E-state index contributed by atoms with van der Waals surface area (Å²) in [6, 6.07) is 10.2. The van der Waals surface area contributed by atoms with E-state index in [9.17, 15) is 9.59 Å². The quantitative estimate of drug-likeness (QED) is 0.896. The fourth-order valence-electron chi connectivity index (χ4n) is 3.74. The average Bonchev–Trinajstić information content (AvgIpc) is 3.06. The molecule has 0 bridgehead atoms. The Morgan fingerprint density at radius 1 is 1.21 bits per heavy atom. The Balaban J connectivity index is 1.45. The van der Waals surface area contributed by atoms with E-state index in [2.05, 4.69) is 15.1 Å². The highest BCUT2D eigenvalue weighted by molar-refractivity contribution is 5.81. The molecule has 1 unspecified atom stereocenters. The summed E-state index contributed by atoms with van der Waals surface area (Å²) in [5, 5.41) is 3.02. The standard InChI is InChI=1S/C19H27N3O2/c1-15(19(24)20-14-16-6-3-2-4-7-16)21-12-9-17(10-13-21)22-11-5-8-18(22)23/h2-4,6-7,15,17H,5,8-14H2,1H3,(H,20,24). The summed E-state index contributed by atoms with van der Waals surface area (Å²) >= 11 is 0. The van der Waals surface area contributed by atoms with Crippen molar-refractivity contribution in [3.8, 4) is 0 Å². The molecule has 0 aliphatic carbocycles. The molecule has 2 fully saturated rings. The van der Waals surface area contributed by atoms with Gasteiger partial charge in [-0.2, -0.15) is 0 Å². The predicted molar refractivity (Wildman–Crippen MR) is 93.3 cm³/mol. The fraction of sp³-hybridized carbons (Fsp3) is 0.579. The van der Waals surface area contributed by atoms with Gasteiger partial charge in [0.2, 0.25) is 11.8 Å². The minimum Gasteiger partial charge on any atom is -0.351 e. The van der Waals surface area contributed by atoms with Gasteiger partial charge >= 0.3 is 0 Å². The zero-order chi connectivity index (χ0) is 16.9. The van der Waals surface area contributed by atoms with E-state index in [1.807, 2.05) is 37.3 Å². The first-order valence-corrected chi connectivity index (χ1v) is 9.00. The highest BCUT2D eigenvalue weighted by Crippen LogP contribution is 2.23. The fourth-order valence-corrected chi connectivity index (χ4v) is 3.74. The number of benzene rings is 1. The van der Waals surface area contributed by atoms with Crippen LogP contribution in [0.5, 0.6) is 0 Å². The van der Waals surface area contributed by atoms with Crippen LogP contribution in [0.25, 0.3) is 0 Å². The number of rotatable bonds is 5. The molecule has 1 aromatic rings. The second-order valence-corrected chi connectivity index (χ2v) is 6.84. The van der Waals surface area contributed by atoms with E-state index in [1.165, 1.54) is 0 Å². The molecule has 2 aliphatic rings. The molecule has 130 valence electrons. The van der Waals surface area contributed by atoms with Crippen LogP contribution in [0.4, 0.5) is 0 Å². The van der Waals surface area contributed by atoms with Gasteiger partial charge in [0.15, 0.2) is 0 Å². The Morgan fingerprint density at radius 2 is 1.92 bits per heavy atom. The number of carbonyl (C=O) groups excluding carboxylic acids is 2. The first-order chi connectivity index (χ1) is 11.6. The molecule has 1 aromatic carbocycles. The number of nitrogens with one attached hydrogen (secondary N) is 1. The van der Waals surface area contributed by atoms with E-state index in [4.69, 9.17) is 0 Å². The molecule has 2 heterocycles. The number of hydrogen-bond donors (Lipinski definition) is 1. The van der Waals surface area contributed by atoms with Gasteiger partial charge in [0, 0.05) is 38.6 Å². The van der Waals surface area contributed by atoms with Crippen LogP contribution in [0.3, 0.4) is 0 Å². The SMILES string of the molecule is CC(C(=O)NCc1ccccc1)N1CCC(N2CCCC2=O)CC1. The lowest BCUT2D eigenvalue weighted by molar-refractivity contribution is -0.132. The van der Waals surface area contributed by atoms with Crippen molar-refractivity contribution in [2.24, 2.45) is 0 Å². The lowest BCUT2D eigenvalue weighted by Crippen LogP contribution is -2.51. The number of hydrogen-bond acceptors (Lipinski definition) is 3. The average molecular weight is 329 g/mol. The Labute approximate surface area is 144 Å². The van der Waals surface area contributed by atoms with Gasteiger partial charge in [0.05, 0.1) is 6.04 Å². The number of nitrogens with zero attached hydrogens (tertiary/aromatic N) is 2. The van der Waals surface area contributed by atoms with E-state index in [1.54, 1.807) is 0 Å². The highest BCUT2D eigenvalue weighted by atomic mass is 16.2. The van der Waals surface area contributed by atoms with Crippen LogP contribution in [0.15, 0.2) is 30.3 Å². The van der Waals surface area contributed by atoms with Crippen molar-refractivity contribution in [1.82, 2.24) is 15.1 Å². The summed E-state index contributed by atoms with van der Waals surface area (Å²) in [4.78, 5) is 28.5. The first kappa shape index (κ1) is 17.0. The highest BCUT2D eigenvalue weighted by Gasteiger charge is 2.32. The number of carbonyl (C=O) groups is 2. The van der Waals surface area contributed by atoms with Gasteiger partial charge in [0.25, 0.3) is 0 Å². The Hall–Kier alpha value is -1.88. The zero-order valence-corrected chi connectivity index (χ0v) is 14.4. The van der Waals surface area contributed by atoms with Gasteiger partial charge in [-0.3, -0.25) is 14.5 Å². The summed E-state index contributed by atoms with van der Waals surface area (Å²) < 4.78 is 0. The summed E-state index contributed by atoms with van der Waals surface area (Å²) in [6.07, 6.45) is 3.65. The maximum Gasteiger partial charge on any atom is 0.237 e. The van der Waals surface area contributed by atoms with Crippen molar-refractivity contribution < 1.29 is 9.59 Å². The van der Waals surface area contributed by atoms with Crippen molar-refractivity contribution in [2.75, 3.05) is 19.6 Å². The molecule has 0 spiro atoms. The third-order valence-electron chi connectivity index (χ3n) is 5.29. The zero-order valence-electron chi connectivity index (χ0n) is 14.4. The second-order valence-electron chi connectivity index (χ2n) is 6.84. The molecular weight excluding hydrogens is 302 g/mol. The second kappa shape index (κ2) is 7.79. The van der Waals surface area contributed by atoms with Crippen LogP contribution in [-0.4, -0.2) is 53.3 Å². The van der Waals surface area contributed by atoms with Gasteiger partial charge < -0.3 is 10.2 Å². The molecule has 24 heavy (non-hydrogen) atoms. The number of amides is 2. The summed E-state index contributed by atoms with van der Waals surface area (Å²) in [6.45, 7) is 5.23. The Bertz CT molecular complexity index is 567. The molecule has 1 N–H and O–H groups in total. The van der Waals surface area contributed by atoms with Crippen molar-refractivity contribution >= 4 is 11.8 Å². The maximum atomic E-state index is 12.4. The van der Waals surface area contributed by atoms with Crippen LogP contribution in [0, 0.1) is 0 Å². The molecule has 2 saturated heterocycles. The molecule has 5 nitrogen and oxygen atoms in total. The van der Waals surface area contributed by atoms with E-state index >= 15 is 0 Å². The molecule has 0 aromatic heterocycles. The van der Waals surface area contributed by atoms with E-state index in [0.717, 1.165) is 44.5 Å². The maximum absolute atomic E-state index is 12.4.